The second kappa shape index (κ2) is 6.40. The van der Waals surface area contributed by atoms with Gasteiger partial charge in [0.1, 0.15) is 6.67 Å². The summed E-state index contributed by atoms with van der Waals surface area (Å²) >= 11 is 0. The Hall–Kier alpha value is -2.06. The van der Waals surface area contributed by atoms with E-state index in [1.54, 1.807) is 0 Å². The van der Waals surface area contributed by atoms with Gasteiger partial charge in [-0.05, 0) is 6.07 Å². The lowest BCUT2D eigenvalue weighted by Crippen LogP contribution is -2.19. The van der Waals surface area contributed by atoms with Gasteiger partial charge < -0.3 is 14.2 Å². The second-order valence-corrected chi connectivity index (χ2v) is 3.55. The molecule has 0 bridgehead atoms. The van der Waals surface area contributed by atoms with Gasteiger partial charge in [0.25, 0.3) is 5.88 Å². The van der Waals surface area contributed by atoms with Crippen LogP contribution in [0.25, 0.3) is 0 Å². The van der Waals surface area contributed by atoms with E-state index in [1.165, 1.54) is 0 Å². The third-order valence-electron chi connectivity index (χ3n) is 2.19. The highest BCUT2D eigenvalue weighted by Gasteiger charge is 2.34. The molecule has 112 valence electrons. The minimum absolute atomic E-state index is 0.121. The molecule has 9 heteroatoms. The fraction of sp³-hybridized carbons (Fsp3) is 0.455. The molecule has 0 spiro atoms. The van der Waals surface area contributed by atoms with Crippen LogP contribution in [0.4, 0.5) is 17.6 Å². The smallest absolute Gasteiger partial charge is 0.491 e. The fourth-order valence-electron chi connectivity index (χ4n) is 1.42. The number of nitrogens with zero attached hydrogens (tertiary/aromatic N) is 1. The third kappa shape index (κ3) is 4.25. The zero-order chi connectivity index (χ0) is 15.3. The topological polar surface area (TPSA) is 57.7 Å². The number of rotatable bonds is 5. The molecule has 0 aliphatic carbocycles. The van der Waals surface area contributed by atoms with Gasteiger partial charge in [0.05, 0.1) is 26.3 Å². The molecule has 0 fully saturated rings. The van der Waals surface area contributed by atoms with Crippen molar-refractivity contribution in [2.45, 2.75) is 19.5 Å². The van der Waals surface area contributed by atoms with Crippen LogP contribution in [0, 0.1) is 0 Å². The van der Waals surface area contributed by atoms with Crippen molar-refractivity contribution in [3.63, 3.8) is 0 Å². The molecule has 1 rings (SSSR count). The largest absolute Gasteiger partial charge is 0.574 e. The first-order valence-electron chi connectivity index (χ1n) is 5.26. The van der Waals surface area contributed by atoms with Gasteiger partial charge in [0.15, 0.2) is 5.75 Å². The van der Waals surface area contributed by atoms with Crippen LogP contribution in [0.15, 0.2) is 6.07 Å². The van der Waals surface area contributed by atoms with Crippen LogP contribution in [0.5, 0.6) is 11.6 Å². The molecule has 0 N–H and O–H groups in total. The number of alkyl halides is 4. The normalized spacial score (nSPS) is 11.1. The summed E-state index contributed by atoms with van der Waals surface area (Å²) in [5.74, 6) is -2.15. The van der Waals surface area contributed by atoms with Gasteiger partial charge in [-0.15, -0.1) is 13.2 Å². The van der Waals surface area contributed by atoms with E-state index in [1.807, 2.05) is 0 Å². The van der Waals surface area contributed by atoms with Crippen molar-refractivity contribution in [2.24, 2.45) is 0 Å². The zero-order valence-electron chi connectivity index (χ0n) is 10.6. The first-order chi connectivity index (χ1) is 9.30. The minimum atomic E-state index is -5.02. The summed E-state index contributed by atoms with van der Waals surface area (Å²) in [7, 11) is 2.16. The molecule has 0 aliphatic rings. The maximum absolute atomic E-state index is 12.8. The van der Waals surface area contributed by atoms with Crippen LogP contribution in [-0.4, -0.2) is 31.5 Å². The van der Waals surface area contributed by atoms with Gasteiger partial charge in [-0.1, -0.05) is 0 Å². The minimum Gasteiger partial charge on any atom is -0.491 e. The number of hydrogen-bond acceptors (Lipinski definition) is 5. The molecular formula is C11H11F4NO4. The van der Waals surface area contributed by atoms with Crippen LogP contribution in [0.3, 0.4) is 0 Å². The number of pyridine rings is 1. The summed E-state index contributed by atoms with van der Waals surface area (Å²) < 4.78 is 62.3. The molecule has 1 heterocycles. The Morgan fingerprint density at radius 2 is 2.00 bits per heavy atom. The molecule has 0 atom stereocenters. The maximum atomic E-state index is 12.8. The molecule has 20 heavy (non-hydrogen) atoms. The Morgan fingerprint density at radius 3 is 2.45 bits per heavy atom. The molecule has 0 aromatic carbocycles. The van der Waals surface area contributed by atoms with Crippen molar-refractivity contribution in [2.75, 3.05) is 14.2 Å². The number of esters is 1. The van der Waals surface area contributed by atoms with Crippen molar-refractivity contribution in [1.82, 2.24) is 4.98 Å². The van der Waals surface area contributed by atoms with Crippen LogP contribution < -0.4 is 9.47 Å². The van der Waals surface area contributed by atoms with Gasteiger partial charge in [0.2, 0.25) is 0 Å². The molecule has 0 aliphatic heterocycles. The Labute approximate surface area is 111 Å². The maximum Gasteiger partial charge on any atom is 0.574 e. The number of ether oxygens (including phenoxy) is 3. The highest BCUT2D eigenvalue weighted by atomic mass is 19.4. The molecule has 0 saturated heterocycles. The standard InChI is InChI=1S/C11H11F4NO4/c1-18-8(17)4-7-3-6(5-12)9(19-2)10(16-7)20-11(13,14)15/h3H,4-5H2,1-2H3. The van der Waals surface area contributed by atoms with Gasteiger partial charge in [-0.3, -0.25) is 4.79 Å². The zero-order valence-corrected chi connectivity index (χ0v) is 10.6. The first kappa shape index (κ1) is 16.0. The number of aromatic nitrogens is 1. The molecule has 1 aromatic rings. The van der Waals surface area contributed by atoms with Gasteiger partial charge >= 0.3 is 12.3 Å². The lowest BCUT2D eigenvalue weighted by Gasteiger charge is -2.15. The SMILES string of the molecule is COC(=O)Cc1cc(CF)c(OC)c(OC(F)(F)F)n1. The van der Waals surface area contributed by atoms with Crippen molar-refractivity contribution >= 4 is 5.97 Å². The summed E-state index contributed by atoms with van der Waals surface area (Å²) in [5.41, 5.74) is -0.329. The van der Waals surface area contributed by atoms with E-state index in [-0.39, 0.29) is 11.3 Å². The van der Waals surface area contributed by atoms with E-state index < -0.39 is 37.1 Å². The predicted molar refractivity (Wildman–Crippen MR) is 58.0 cm³/mol. The highest BCUT2D eigenvalue weighted by molar-refractivity contribution is 5.72. The monoisotopic (exact) mass is 297 g/mol. The average molecular weight is 297 g/mol. The molecule has 0 amide bonds. The summed E-state index contributed by atoms with van der Waals surface area (Å²) in [6.07, 6.45) is -5.43. The molecule has 1 aromatic heterocycles. The summed E-state index contributed by atoms with van der Waals surface area (Å²) in [4.78, 5) is 14.6. The average Bonchev–Trinajstić information content (AvgIpc) is 2.36. The van der Waals surface area contributed by atoms with E-state index in [9.17, 15) is 22.4 Å². The van der Waals surface area contributed by atoms with E-state index in [4.69, 9.17) is 0 Å². The Morgan fingerprint density at radius 1 is 1.35 bits per heavy atom. The Balaban J connectivity index is 3.23. The molecule has 5 nitrogen and oxygen atoms in total. The summed E-state index contributed by atoms with van der Waals surface area (Å²) in [5, 5.41) is 0. The number of carbonyl (C=O) groups is 1. The third-order valence-corrected chi connectivity index (χ3v) is 2.19. The first-order valence-corrected chi connectivity index (χ1v) is 5.26. The van der Waals surface area contributed by atoms with Crippen molar-refractivity contribution in [3.8, 4) is 11.6 Å². The van der Waals surface area contributed by atoms with Crippen LogP contribution in [0.2, 0.25) is 0 Å². The van der Waals surface area contributed by atoms with E-state index in [0.717, 1.165) is 20.3 Å². The fourth-order valence-corrected chi connectivity index (χ4v) is 1.42. The van der Waals surface area contributed by atoms with Gasteiger partial charge in [-0.2, -0.15) is 0 Å². The van der Waals surface area contributed by atoms with Crippen LogP contribution >= 0.6 is 0 Å². The van der Waals surface area contributed by atoms with Gasteiger partial charge in [-0.25, -0.2) is 9.37 Å². The van der Waals surface area contributed by atoms with E-state index in [2.05, 4.69) is 19.2 Å². The lowest BCUT2D eigenvalue weighted by atomic mass is 10.2. The van der Waals surface area contributed by atoms with Crippen molar-refractivity contribution in [1.29, 1.82) is 0 Å². The quantitative estimate of drug-likeness (QED) is 0.616. The number of methoxy groups -OCH3 is 2. The van der Waals surface area contributed by atoms with E-state index in [0.29, 0.717) is 0 Å². The molecule has 0 saturated carbocycles. The van der Waals surface area contributed by atoms with Crippen LogP contribution in [-0.2, 0) is 22.6 Å². The van der Waals surface area contributed by atoms with Crippen molar-refractivity contribution in [3.05, 3.63) is 17.3 Å². The number of halogens is 4. The molecule has 0 unspecified atom stereocenters. The van der Waals surface area contributed by atoms with Crippen molar-refractivity contribution < 1.29 is 36.6 Å². The Bertz CT molecular complexity index is 490. The van der Waals surface area contributed by atoms with Gasteiger partial charge in [0, 0.05) is 5.56 Å². The lowest BCUT2D eigenvalue weighted by molar-refractivity contribution is -0.276. The predicted octanol–water partition coefficient (Wildman–Crippen LogP) is 2.17. The number of hydrogen-bond donors (Lipinski definition) is 0. The second-order valence-electron chi connectivity index (χ2n) is 3.55. The molecular weight excluding hydrogens is 286 g/mol. The highest BCUT2D eigenvalue weighted by Crippen LogP contribution is 2.34. The van der Waals surface area contributed by atoms with Crippen LogP contribution in [0.1, 0.15) is 11.3 Å². The Kier molecular flexibility index (Phi) is 5.12. The summed E-state index contributed by atoms with van der Waals surface area (Å²) in [6, 6.07) is 1.11. The summed E-state index contributed by atoms with van der Waals surface area (Å²) in [6.45, 7) is -1.10. The molecule has 0 radical (unpaired) electrons. The van der Waals surface area contributed by atoms with E-state index >= 15 is 0 Å². The number of carbonyl (C=O) groups excluding carboxylic acids is 1.